The van der Waals surface area contributed by atoms with Crippen LogP contribution in [0.5, 0.6) is 34.5 Å². The van der Waals surface area contributed by atoms with Gasteiger partial charge in [-0.25, -0.2) is 9.97 Å². The summed E-state index contributed by atoms with van der Waals surface area (Å²) < 4.78 is 32.6. The lowest BCUT2D eigenvalue weighted by atomic mass is 10.1. The van der Waals surface area contributed by atoms with Crippen molar-refractivity contribution < 1.29 is 28.4 Å². The summed E-state index contributed by atoms with van der Waals surface area (Å²) in [6.07, 6.45) is 0. The first-order valence-electron chi connectivity index (χ1n) is 9.24. The number of hydrogen-bond donors (Lipinski definition) is 1. The number of nitrogen functional groups attached to an aromatic ring is 1. The minimum Gasteiger partial charge on any atom is -0.493 e. The number of benzene rings is 2. The summed E-state index contributed by atoms with van der Waals surface area (Å²) in [6.45, 7) is 0. The second-order valence-electron chi connectivity index (χ2n) is 6.32. The molecular weight excluding hydrogens is 402 g/mol. The smallest absolute Gasteiger partial charge is 0.221 e. The van der Waals surface area contributed by atoms with Crippen LogP contribution < -0.4 is 34.2 Å². The quantitative estimate of drug-likeness (QED) is 0.578. The standard InChI is InChI=1S/C22H25N3O6/c1-26-16-7-12(8-17(27-2)20(16)30-5)14-11-15(25-22(23)24-14)13-9-18(28-3)21(31-6)19(10-13)29-4/h7-11H,1-6H3,(H2,23,24,25). The van der Waals surface area contributed by atoms with Gasteiger partial charge in [-0.3, -0.25) is 0 Å². The molecule has 31 heavy (non-hydrogen) atoms. The molecule has 9 heteroatoms. The Morgan fingerprint density at radius 3 is 1.10 bits per heavy atom. The summed E-state index contributed by atoms with van der Waals surface area (Å²) in [6, 6.07) is 8.98. The summed E-state index contributed by atoms with van der Waals surface area (Å²) in [5.41, 5.74) is 8.63. The van der Waals surface area contributed by atoms with Crippen molar-refractivity contribution in [1.82, 2.24) is 9.97 Å². The largest absolute Gasteiger partial charge is 0.493 e. The Kier molecular flexibility index (Phi) is 6.54. The normalized spacial score (nSPS) is 10.4. The molecule has 0 atom stereocenters. The topological polar surface area (TPSA) is 107 Å². The Morgan fingerprint density at radius 2 is 0.839 bits per heavy atom. The summed E-state index contributed by atoms with van der Waals surface area (Å²) in [5, 5.41) is 0. The fourth-order valence-corrected chi connectivity index (χ4v) is 3.22. The van der Waals surface area contributed by atoms with Crippen molar-refractivity contribution in [3.8, 4) is 57.0 Å². The van der Waals surface area contributed by atoms with Crippen LogP contribution >= 0.6 is 0 Å². The van der Waals surface area contributed by atoms with Gasteiger partial charge in [0, 0.05) is 11.1 Å². The molecule has 0 saturated heterocycles. The number of nitrogens with two attached hydrogens (primary N) is 1. The Hall–Kier alpha value is -3.88. The lowest BCUT2D eigenvalue weighted by Crippen LogP contribution is -2.01. The molecule has 3 aromatic rings. The van der Waals surface area contributed by atoms with Crippen LogP contribution in [0.1, 0.15) is 0 Å². The molecule has 3 rings (SSSR count). The van der Waals surface area contributed by atoms with Gasteiger partial charge >= 0.3 is 0 Å². The van der Waals surface area contributed by atoms with Crippen molar-refractivity contribution >= 4 is 5.95 Å². The van der Waals surface area contributed by atoms with E-state index in [-0.39, 0.29) is 5.95 Å². The third-order valence-corrected chi connectivity index (χ3v) is 4.66. The first-order chi connectivity index (χ1) is 15.0. The molecule has 0 radical (unpaired) electrons. The SMILES string of the molecule is COc1cc(-c2cc(-c3cc(OC)c(OC)c(OC)c3)nc(N)n2)cc(OC)c1OC. The number of aromatic nitrogens is 2. The van der Waals surface area contributed by atoms with Crippen molar-refractivity contribution in [2.24, 2.45) is 0 Å². The van der Waals surface area contributed by atoms with Crippen LogP contribution in [0.2, 0.25) is 0 Å². The van der Waals surface area contributed by atoms with Gasteiger partial charge in [-0.2, -0.15) is 0 Å². The molecule has 0 aliphatic heterocycles. The second kappa shape index (κ2) is 9.29. The molecule has 0 spiro atoms. The van der Waals surface area contributed by atoms with Crippen molar-refractivity contribution in [3.05, 3.63) is 30.3 Å². The third-order valence-electron chi connectivity index (χ3n) is 4.66. The minimum absolute atomic E-state index is 0.106. The second-order valence-corrected chi connectivity index (χ2v) is 6.32. The van der Waals surface area contributed by atoms with Gasteiger partial charge in [-0.05, 0) is 30.3 Å². The van der Waals surface area contributed by atoms with E-state index >= 15 is 0 Å². The number of methoxy groups -OCH3 is 6. The number of nitrogens with zero attached hydrogens (tertiary/aromatic N) is 2. The lowest BCUT2D eigenvalue weighted by Gasteiger charge is -2.15. The summed E-state index contributed by atoms with van der Waals surface area (Å²) in [5.74, 6) is 3.09. The monoisotopic (exact) mass is 427 g/mol. The van der Waals surface area contributed by atoms with E-state index in [1.807, 2.05) is 0 Å². The molecule has 164 valence electrons. The molecule has 0 saturated carbocycles. The van der Waals surface area contributed by atoms with Crippen LogP contribution in [-0.2, 0) is 0 Å². The summed E-state index contributed by atoms with van der Waals surface area (Å²) in [4.78, 5) is 8.76. The van der Waals surface area contributed by atoms with E-state index in [2.05, 4.69) is 9.97 Å². The van der Waals surface area contributed by atoms with Crippen LogP contribution in [0.4, 0.5) is 5.95 Å². The van der Waals surface area contributed by atoms with Crippen molar-refractivity contribution in [2.45, 2.75) is 0 Å². The van der Waals surface area contributed by atoms with Gasteiger partial charge in [0.2, 0.25) is 17.4 Å². The zero-order valence-corrected chi connectivity index (χ0v) is 18.3. The van der Waals surface area contributed by atoms with Crippen molar-refractivity contribution in [1.29, 1.82) is 0 Å². The zero-order valence-electron chi connectivity index (χ0n) is 18.3. The van der Waals surface area contributed by atoms with Gasteiger partial charge < -0.3 is 34.2 Å². The average molecular weight is 427 g/mol. The molecule has 1 aromatic heterocycles. The lowest BCUT2D eigenvalue weighted by molar-refractivity contribution is 0.324. The molecule has 0 fully saturated rings. The van der Waals surface area contributed by atoms with E-state index in [9.17, 15) is 0 Å². The predicted molar refractivity (Wildman–Crippen MR) is 117 cm³/mol. The minimum atomic E-state index is 0.106. The summed E-state index contributed by atoms with van der Waals surface area (Å²) in [7, 11) is 9.30. The highest BCUT2D eigenvalue weighted by Gasteiger charge is 2.18. The molecule has 0 bridgehead atoms. The maximum atomic E-state index is 6.03. The molecule has 0 aliphatic rings. The maximum Gasteiger partial charge on any atom is 0.221 e. The number of ether oxygens (including phenoxy) is 6. The number of anilines is 1. The molecule has 0 amide bonds. The molecule has 0 aliphatic carbocycles. The first kappa shape index (κ1) is 21.8. The van der Waals surface area contributed by atoms with Crippen LogP contribution in [0, 0.1) is 0 Å². The van der Waals surface area contributed by atoms with Gasteiger partial charge in [-0.15, -0.1) is 0 Å². The number of rotatable bonds is 8. The van der Waals surface area contributed by atoms with Crippen LogP contribution in [-0.4, -0.2) is 52.6 Å². The van der Waals surface area contributed by atoms with Crippen LogP contribution in [0.25, 0.3) is 22.5 Å². The Balaban J connectivity index is 2.18. The molecule has 9 nitrogen and oxygen atoms in total. The van der Waals surface area contributed by atoms with Crippen molar-refractivity contribution in [3.63, 3.8) is 0 Å². The fourth-order valence-electron chi connectivity index (χ4n) is 3.22. The van der Waals surface area contributed by atoms with E-state index in [1.54, 1.807) is 73.0 Å². The van der Waals surface area contributed by atoms with Gasteiger partial charge in [-0.1, -0.05) is 0 Å². The van der Waals surface area contributed by atoms with E-state index < -0.39 is 0 Å². The highest BCUT2D eigenvalue weighted by atomic mass is 16.5. The summed E-state index contributed by atoms with van der Waals surface area (Å²) >= 11 is 0. The van der Waals surface area contributed by atoms with Gasteiger partial charge in [0.25, 0.3) is 0 Å². The fraction of sp³-hybridized carbons (Fsp3) is 0.273. The average Bonchev–Trinajstić information content (AvgIpc) is 2.81. The number of hydrogen-bond acceptors (Lipinski definition) is 9. The predicted octanol–water partition coefficient (Wildman–Crippen LogP) is 3.44. The van der Waals surface area contributed by atoms with Crippen LogP contribution in [0.15, 0.2) is 30.3 Å². The Bertz CT molecular complexity index is 955. The molecule has 1 heterocycles. The highest BCUT2D eigenvalue weighted by Crippen LogP contribution is 2.43. The van der Waals surface area contributed by atoms with Crippen molar-refractivity contribution in [2.75, 3.05) is 48.4 Å². The van der Waals surface area contributed by atoms with E-state index in [0.717, 1.165) is 11.1 Å². The Labute approximate surface area is 180 Å². The highest BCUT2D eigenvalue weighted by molar-refractivity contribution is 5.75. The molecular formula is C22H25N3O6. The maximum absolute atomic E-state index is 6.03. The van der Waals surface area contributed by atoms with Crippen LogP contribution in [0.3, 0.4) is 0 Å². The zero-order chi connectivity index (χ0) is 22.5. The van der Waals surface area contributed by atoms with Gasteiger partial charge in [0.05, 0.1) is 54.0 Å². The first-order valence-corrected chi connectivity index (χ1v) is 9.24. The molecule has 2 N–H and O–H groups in total. The van der Waals surface area contributed by atoms with Gasteiger partial charge in [0.1, 0.15) is 0 Å². The third kappa shape index (κ3) is 4.20. The van der Waals surface area contributed by atoms with E-state index in [0.29, 0.717) is 45.9 Å². The Morgan fingerprint density at radius 1 is 0.516 bits per heavy atom. The van der Waals surface area contributed by atoms with E-state index in [4.69, 9.17) is 34.2 Å². The van der Waals surface area contributed by atoms with Gasteiger partial charge in [0.15, 0.2) is 23.0 Å². The molecule has 0 unspecified atom stereocenters. The molecule has 2 aromatic carbocycles. The van der Waals surface area contributed by atoms with E-state index in [1.165, 1.54) is 0 Å².